The molecule has 0 aliphatic carbocycles. The van der Waals surface area contributed by atoms with Crippen molar-refractivity contribution in [1.82, 2.24) is 0 Å². The summed E-state index contributed by atoms with van der Waals surface area (Å²) in [6.45, 7) is 3.65. The summed E-state index contributed by atoms with van der Waals surface area (Å²) in [7, 11) is 1.35. The van der Waals surface area contributed by atoms with Crippen LogP contribution in [0.15, 0.2) is 0 Å². The number of carbonyl (C=O) groups is 2. The van der Waals surface area contributed by atoms with Crippen molar-refractivity contribution in [3.05, 3.63) is 0 Å². The first-order chi connectivity index (χ1) is 5.11. The highest BCUT2D eigenvalue weighted by Gasteiger charge is 2.15. The maximum absolute atomic E-state index is 10.7. The SMILES string of the molecule is COC(=O)CC(C)C(C)C=O. The number of rotatable bonds is 4. The summed E-state index contributed by atoms with van der Waals surface area (Å²) in [5.74, 6) is -0.264. The molecule has 0 rings (SSSR count). The van der Waals surface area contributed by atoms with E-state index in [0.29, 0.717) is 6.42 Å². The Labute approximate surface area is 66.7 Å². The molecule has 0 saturated heterocycles. The van der Waals surface area contributed by atoms with Gasteiger partial charge in [0.2, 0.25) is 0 Å². The van der Waals surface area contributed by atoms with Gasteiger partial charge in [0.1, 0.15) is 6.29 Å². The first kappa shape index (κ1) is 10.1. The Balaban J connectivity index is 3.76. The molecule has 0 aliphatic rings. The number of carbonyl (C=O) groups excluding carboxylic acids is 2. The molecule has 0 bridgehead atoms. The van der Waals surface area contributed by atoms with Crippen molar-refractivity contribution in [2.75, 3.05) is 7.11 Å². The second-order valence-electron chi connectivity index (χ2n) is 2.75. The highest BCUT2D eigenvalue weighted by Crippen LogP contribution is 2.12. The molecular weight excluding hydrogens is 144 g/mol. The lowest BCUT2D eigenvalue weighted by Crippen LogP contribution is -2.14. The Morgan fingerprint density at radius 1 is 1.55 bits per heavy atom. The van der Waals surface area contributed by atoms with E-state index in [-0.39, 0.29) is 17.8 Å². The monoisotopic (exact) mass is 158 g/mol. The van der Waals surface area contributed by atoms with Crippen molar-refractivity contribution < 1.29 is 14.3 Å². The van der Waals surface area contributed by atoms with Gasteiger partial charge < -0.3 is 9.53 Å². The number of aldehydes is 1. The van der Waals surface area contributed by atoms with Gasteiger partial charge in [0.15, 0.2) is 0 Å². The minimum atomic E-state index is -0.258. The fraction of sp³-hybridized carbons (Fsp3) is 0.750. The van der Waals surface area contributed by atoms with Gasteiger partial charge in [-0.1, -0.05) is 13.8 Å². The van der Waals surface area contributed by atoms with Gasteiger partial charge in [-0.25, -0.2) is 0 Å². The molecule has 0 saturated carbocycles. The summed E-state index contributed by atoms with van der Waals surface area (Å²) in [6.07, 6.45) is 1.17. The van der Waals surface area contributed by atoms with Gasteiger partial charge in [-0.2, -0.15) is 0 Å². The molecule has 0 aromatic heterocycles. The standard InChI is InChI=1S/C8H14O3/c1-6(7(2)5-9)4-8(10)11-3/h5-7H,4H2,1-3H3. The van der Waals surface area contributed by atoms with E-state index >= 15 is 0 Å². The maximum atomic E-state index is 10.7. The Kier molecular flexibility index (Phi) is 4.50. The molecule has 64 valence electrons. The van der Waals surface area contributed by atoms with Crippen LogP contribution < -0.4 is 0 Å². The van der Waals surface area contributed by atoms with E-state index in [2.05, 4.69) is 4.74 Å². The predicted molar refractivity (Wildman–Crippen MR) is 41.0 cm³/mol. The molecular formula is C8H14O3. The number of esters is 1. The predicted octanol–water partition coefficient (Wildman–Crippen LogP) is 1.02. The molecule has 0 spiro atoms. The van der Waals surface area contributed by atoms with Gasteiger partial charge in [-0.3, -0.25) is 4.79 Å². The van der Waals surface area contributed by atoms with E-state index < -0.39 is 0 Å². The molecule has 0 aliphatic heterocycles. The summed E-state index contributed by atoms with van der Waals surface area (Å²) < 4.78 is 4.46. The second kappa shape index (κ2) is 4.88. The van der Waals surface area contributed by atoms with Crippen molar-refractivity contribution in [2.45, 2.75) is 20.3 Å². The van der Waals surface area contributed by atoms with Crippen molar-refractivity contribution >= 4 is 12.3 Å². The molecule has 0 fully saturated rings. The van der Waals surface area contributed by atoms with E-state index in [4.69, 9.17) is 0 Å². The molecule has 0 aromatic rings. The van der Waals surface area contributed by atoms with Crippen LogP contribution in [0.2, 0.25) is 0 Å². The Hall–Kier alpha value is -0.860. The number of hydrogen-bond acceptors (Lipinski definition) is 3. The highest BCUT2D eigenvalue weighted by molar-refractivity contribution is 5.70. The first-order valence-electron chi connectivity index (χ1n) is 3.64. The largest absolute Gasteiger partial charge is 0.469 e. The van der Waals surface area contributed by atoms with Gasteiger partial charge in [0.05, 0.1) is 7.11 Å². The summed E-state index contributed by atoms with van der Waals surface area (Å²) in [6, 6.07) is 0. The Bertz CT molecular complexity index is 142. The Morgan fingerprint density at radius 2 is 2.09 bits per heavy atom. The van der Waals surface area contributed by atoms with Crippen LogP contribution in [0.1, 0.15) is 20.3 Å². The van der Waals surface area contributed by atoms with Gasteiger partial charge in [-0.05, 0) is 5.92 Å². The zero-order chi connectivity index (χ0) is 8.85. The van der Waals surface area contributed by atoms with E-state index in [1.54, 1.807) is 6.92 Å². The van der Waals surface area contributed by atoms with Crippen LogP contribution in [0.25, 0.3) is 0 Å². The third-order valence-corrected chi connectivity index (χ3v) is 1.83. The van der Waals surface area contributed by atoms with Crippen LogP contribution in [0.3, 0.4) is 0 Å². The summed E-state index contributed by atoms with van der Waals surface area (Å²) in [5, 5.41) is 0. The first-order valence-corrected chi connectivity index (χ1v) is 3.64. The van der Waals surface area contributed by atoms with Crippen LogP contribution in [0.4, 0.5) is 0 Å². The number of ether oxygens (including phenoxy) is 1. The average Bonchev–Trinajstić information content (AvgIpc) is 2.02. The lowest BCUT2D eigenvalue weighted by atomic mass is 9.94. The van der Waals surface area contributed by atoms with Crippen LogP contribution >= 0.6 is 0 Å². The van der Waals surface area contributed by atoms with Crippen LogP contribution in [0, 0.1) is 11.8 Å². The number of hydrogen-bond donors (Lipinski definition) is 0. The molecule has 0 radical (unpaired) electrons. The van der Waals surface area contributed by atoms with Crippen molar-refractivity contribution in [1.29, 1.82) is 0 Å². The highest BCUT2D eigenvalue weighted by atomic mass is 16.5. The van der Waals surface area contributed by atoms with E-state index in [0.717, 1.165) is 6.29 Å². The van der Waals surface area contributed by atoms with E-state index in [1.807, 2.05) is 6.92 Å². The van der Waals surface area contributed by atoms with Gasteiger partial charge >= 0.3 is 5.97 Å². The third-order valence-electron chi connectivity index (χ3n) is 1.83. The lowest BCUT2D eigenvalue weighted by molar-refractivity contribution is -0.142. The van der Waals surface area contributed by atoms with Gasteiger partial charge in [0, 0.05) is 12.3 Å². The zero-order valence-corrected chi connectivity index (χ0v) is 7.16. The molecule has 3 heteroatoms. The molecule has 0 heterocycles. The molecule has 0 aromatic carbocycles. The quantitative estimate of drug-likeness (QED) is 0.453. The van der Waals surface area contributed by atoms with Crippen LogP contribution in [-0.2, 0) is 14.3 Å². The van der Waals surface area contributed by atoms with E-state index in [1.165, 1.54) is 7.11 Å². The maximum Gasteiger partial charge on any atom is 0.305 e. The van der Waals surface area contributed by atoms with Gasteiger partial charge in [0.25, 0.3) is 0 Å². The Morgan fingerprint density at radius 3 is 2.45 bits per heavy atom. The van der Waals surface area contributed by atoms with Crippen LogP contribution in [0.5, 0.6) is 0 Å². The number of methoxy groups -OCH3 is 1. The molecule has 2 unspecified atom stereocenters. The molecule has 3 nitrogen and oxygen atoms in total. The van der Waals surface area contributed by atoms with Crippen molar-refractivity contribution in [3.63, 3.8) is 0 Å². The summed E-state index contributed by atoms with van der Waals surface area (Å²) >= 11 is 0. The average molecular weight is 158 g/mol. The molecule has 2 atom stereocenters. The topological polar surface area (TPSA) is 43.4 Å². The smallest absolute Gasteiger partial charge is 0.305 e. The minimum Gasteiger partial charge on any atom is -0.469 e. The molecule has 11 heavy (non-hydrogen) atoms. The fourth-order valence-electron chi connectivity index (χ4n) is 0.666. The van der Waals surface area contributed by atoms with Crippen molar-refractivity contribution in [2.24, 2.45) is 11.8 Å². The third kappa shape index (κ3) is 3.75. The second-order valence-corrected chi connectivity index (χ2v) is 2.75. The van der Waals surface area contributed by atoms with Crippen molar-refractivity contribution in [3.8, 4) is 0 Å². The molecule has 0 N–H and O–H groups in total. The van der Waals surface area contributed by atoms with Gasteiger partial charge in [-0.15, -0.1) is 0 Å². The zero-order valence-electron chi connectivity index (χ0n) is 7.16. The van der Waals surface area contributed by atoms with E-state index in [9.17, 15) is 9.59 Å². The molecule has 0 amide bonds. The summed E-state index contributed by atoms with van der Waals surface area (Å²) in [4.78, 5) is 21.0. The van der Waals surface area contributed by atoms with Crippen LogP contribution in [-0.4, -0.2) is 19.4 Å². The normalized spacial score (nSPS) is 15.2. The minimum absolute atomic E-state index is 0.0694. The fourth-order valence-corrected chi connectivity index (χ4v) is 0.666. The summed E-state index contributed by atoms with van der Waals surface area (Å²) in [5.41, 5.74) is 0. The lowest BCUT2D eigenvalue weighted by Gasteiger charge is -2.11.